The summed E-state index contributed by atoms with van der Waals surface area (Å²) in [4.78, 5) is 6.91. The zero-order valence-electron chi connectivity index (χ0n) is 34.1. The van der Waals surface area contributed by atoms with Gasteiger partial charge in [0.05, 0.1) is 39.7 Å². The van der Waals surface area contributed by atoms with Crippen molar-refractivity contribution in [3.8, 4) is 0 Å². The molecule has 0 aliphatic carbocycles. The smallest absolute Gasteiger partial charge is 0.0632 e. The summed E-state index contributed by atoms with van der Waals surface area (Å²) in [7, 11) is -4.94. The first-order chi connectivity index (χ1) is 30.8. The number of para-hydroxylation sites is 6. The number of halogens is 1. The van der Waals surface area contributed by atoms with Crippen LogP contribution in [0.4, 0.5) is 51.2 Å². The molecule has 0 aromatic heterocycles. The van der Waals surface area contributed by atoms with Crippen molar-refractivity contribution in [2.75, 3.05) is 14.7 Å². The Balaban J connectivity index is 0.00000103. The molecule has 9 aromatic carbocycles. The zero-order chi connectivity index (χ0) is 43.4. The molecule has 8 heteroatoms. The van der Waals surface area contributed by atoms with Gasteiger partial charge >= 0.3 is 0 Å². The van der Waals surface area contributed by atoms with Crippen molar-refractivity contribution in [1.29, 1.82) is 0 Å². The van der Waals surface area contributed by atoms with Gasteiger partial charge in [0, 0.05) is 34.1 Å². The summed E-state index contributed by atoms with van der Waals surface area (Å²) < 4.78 is 34.0. The Morgan fingerprint density at radius 2 is 0.365 bits per heavy atom. The number of hydrogen-bond acceptors (Lipinski definition) is 7. The summed E-state index contributed by atoms with van der Waals surface area (Å²) in [5.74, 6) is 1.16. The first-order valence-corrected chi connectivity index (χ1v) is 21.5. The third kappa shape index (κ3) is 10.6. The van der Waals surface area contributed by atoms with Crippen molar-refractivity contribution in [2.24, 2.45) is 0 Å². The Hall–Kier alpha value is -7.62. The van der Waals surface area contributed by atoms with Gasteiger partial charge in [-0.3, -0.25) is 0 Å². The molecule has 0 saturated heterocycles. The van der Waals surface area contributed by atoms with Gasteiger partial charge in [-0.15, -0.1) is 10.2 Å². The molecular weight excluding hydrogens is 802 g/mol. The Bertz CT molecular complexity index is 2320. The second-order valence-corrected chi connectivity index (χ2v) is 15.2. The van der Waals surface area contributed by atoms with Gasteiger partial charge in [-0.1, -0.05) is 109 Å². The largest absolute Gasteiger partial charge is 0.310 e. The van der Waals surface area contributed by atoms with Gasteiger partial charge in [-0.05, 0) is 146 Å². The molecule has 308 valence electrons. The molecule has 0 radical (unpaired) electrons. The van der Waals surface area contributed by atoms with E-state index in [9.17, 15) is 0 Å². The molecule has 0 bridgehead atoms. The molecule has 9 rings (SSSR count). The van der Waals surface area contributed by atoms with Crippen LogP contribution in [-0.4, -0.2) is 0 Å². The molecule has 0 aliphatic rings. The van der Waals surface area contributed by atoms with E-state index in [1.165, 1.54) is 0 Å². The third-order valence-electron chi connectivity index (χ3n) is 10.3. The lowest BCUT2D eigenvalue weighted by molar-refractivity contribution is -2.00. The lowest BCUT2D eigenvalue weighted by atomic mass is 9.84. The standard InChI is InChI=1S/C55H42N3.ClHO4/c1-7-19-46(20-8-1)56(47-21-9-2-10-22-47)52-37-31-43(32-38-52)55(44-33-39-53(40-34-44)57(48-23-11-3-12-24-48)49-25-13-4-14-26-49)45-35-41-54(42-36-45)58(50-27-15-5-16-28-50)51-29-17-6-18-30-51;2-1(3,4)5/h1-42H;(H,2,3,4,5)/q+1;/p-1. The summed E-state index contributed by atoms with van der Waals surface area (Å²) in [5, 5.41) is 0. The molecule has 0 unspecified atom stereocenters. The topological polar surface area (TPSA) is 102 Å². The van der Waals surface area contributed by atoms with E-state index < -0.39 is 10.2 Å². The lowest BCUT2D eigenvalue weighted by Crippen LogP contribution is -2.68. The van der Waals surface area contributed by atoms with Crippen molar-refractivity contribution >= 4 is 51.2 Å². The van der Waals surface area contributed by atoms with Gasteiger partial charge in [-0.25, -0.2) is 18.6 Å². The van der Waals surface area contributed by atoms with Crippen molar-refractivity contribution < 1.29 is 28.9 Å². The summed E-state index contributed by atoms with van der Waals surface area (Å²) in [6.07, 6.45) is 0. The van der Waals surface area contributed by atoms with Gasteiger partial charge in [0.15, 0.2) is 0 Å². The number of benzene rings is 9. The van der Waals surface area contributed by atoms with Gasteiger partial charge in [0.25, 0.3) is 0 Å². The predicted molar refractivity (Wildman–Crippen MR) is 244 cm³/mol. The number of anilines is 9. The van der Waals surface area contributed by atoms with Crippen LogP contribution in [0, 0.1) is 16.2 Å². The predicted octanol–water partition coefficient (Wildman–Crippen LogP) is 10.4. The Labute approximate surface area is 370 Å². The SMILES string of the molecule is [O-][Cl+3]([O-])([O-])[O-].c1ccc(N(c2ccccc2)c2ccc([C+](c3ccc(N(c4ccccc4)c4ccccc4)cc3)c3ccc(N(c4ccccc4)c4ccccc4)cc3)cc2)cc1. The molecule has 0 fully saturated rings. The van der Waals surface area contributed by atoms with E-state index in [4.69, 9.17) is 18.6 Å². The van der Waals surface area contributed by atoms with Crippen molar-refractivity contribution in [3.05, 3.63) is 277 Å². The van der Waals surface area contributed by atoms with Crippen LogP contribution in [0.25, 0.3) is 0 Å². The van der Waals surface area contributed by atoms with E-state index in [0.717, 1.165) is 73.8 Å². The van der Waals surface area contributed by atoms with Crippen molar-refractivity contribution in [3.63, 3.8) is 0 Å². The molecule has 0 saturated carbocycles. The van der Waals surface area contributed by atoms with Crippen LogP contribution in [0.1, 0.15) is 16.7 Å². The van der Waals surface area contributed by atoms with Crippen LogP contribution in [0.15, 0.2) is 255 Å². The van der Waals surface area contributed by atoms with Crippen molar-refractivity contribution in [1.82, 2.24) is 0 Å². The lowest BCUT2D eigenvalue weighted by Gasteiger charge is -2.26. The van der Waals surface area contributed by atoms with Crippen LogP contribution in [0.3, 0.4) is 0 Å². The van der Waals surface area contributed by atoms with E-state index in [1.807, 2.05) is 0 Å². The molecule has 0 N–H and O–H groups in total. The second-order valence-electron chi connectivity index (χ2n) is 14.4. The Morgan fingerprint density at radius 3 is 0.524 bits per heavy atom. The van der Waals surface area contributed by atoms with E-state index in [1.54, 1.807) is 0 Å². The minimum Gasteiger partial charge on any atom is -0.310 e. The van der Waals surface area contributed by atoms with E-state index >= 15 is 0 Å². The summed E-state index contributed by atoms with van der Waals surface area (Å²) in [5.41, 5.74) is 13.3. The van der Waals surface area contributed by atoms with E-state index in [-0.39, 0.29) is 0 Å². The highest BCUT2D eigenvalue weighted by atomic mass is 35.7. The molecule has 7 nitrogen and oxygen atoms in total. The minimum absolute atomic E-state index is 1.09. The van der Waals surface area contributed by atoms with E-state index in [0.29, 0.717) is 0 Å². The average Bonchev–Trinajstić information content (AvgIpc) is 3.32. The highest BCUT2D eigenvalue weighted by Crippen LogP contribution is 2.41. The molecule has 0 heterocycles. The maximum absolute atomic E-state index is 8.49. The molecule has 0 atom stereocenters. The van der Waals surface area contributed by atoms with Gasteiger partial charge < -0.3 is 14.7 Å². The fraction of sp³-hybridized carbons (Fsp3) is 0. The molecule has 0 amide bonds. The maximum Gasteiger partial charge on any atom is 0.0632 e. The van der Waals surface area contributed by atoms with Crippen LogP contribution in [0.2, 0.25) is 0 Å². The monoisotopic (exact) mass is 843 g/mol. The van der Waals surface area contributed by atoms with Crippen molar-refractivity contribution in [2.45, 2.75) is 0 Å². The molecule has 63 heavy (non-hydrogen) atoms. The molecule has 9 aromatic rings. The minimum atomic E-state index is -4.94. The number of nitrogens with zero attached hydrogens (tertiary/aromatic N) is 3. The average molecular weight is 844 g/mol. The van der Waals surface area contributed by atoms with Crippen LogP contribution in [-0.2, 0) is 0 Å². The highest BCUT2D eigenvalue weighted by Gasteiger charge is 2.25. The quantitative estimate of drug-likeness (QED) is 0.0891. The van der Waals surface area contributed by atoms with Gasteiger partial charge in [0.1, 0.15) is 0 Å². The number of rotatable bonds is 12. The normalized spacial score (nSPS) is 10.9. The van der Waals surface area contributed by atoms with Gasteiger partial charge in [0.2, 0.25) is 0 Å². The molecule has 0 aliphatic heterocycles. The first kappa shape index (κ1) is 42.1. The second kappa shape index (κ2) is 19.8. The first-order valence-electron chi connectivity index (χ1n) is 20.3. The Kier molecular flexibility index (Phi) is 13.3. The van der Waals surface area contributed by atoms with Gasteiger partial charge in [-0.2, -0.15) is 0 Å². The van der Waals surface area contributed by atoms with E-state index in [2.05, 4.69) is 269 Å². The molecular formula is C55H42ClN3O4. The summed E-state index contributed by atoms with van der Waals surface area (Å²) in [6.45, 7) is 0. The highest BCUT2D eigenvalue weighted by molar-refractivity contribution is 5.80. The van der Waals surface area contributed by atoms with Crippen LogP contribution in [0.5, 0.6) is 0 Å². The number of hydrogen-bond donors (Lipinski definition) is 0. The zero-order valence-corrected chi connectivity index (χ0v) is 34.9. The summed E-state index contributed by atoms with van der Waals surface area (Å²) in [6, 6.07) is 90.3. The van der Waals surface area contributed by atoms with Crippen LogP contribution < -0.4 is 33.3 Å². The third-order valence-corrected chi connectivity index (χ3v) is 10.3. The summed E-state index contributed by atoms with van der Waals surface area (Å²) >= 11 is 0. The Morgan fingerprint density at radius 1 is 0.222 bits per heavy atom. The maximum atomic E-state index is 8.49. The van der Waals surface area contributed by atoms with Crippen LogP contribution >= 0.6 is 0 Å². The fourth-order valence-corrected chi connectivity index (χ4v) is 7.64. The fourth-order valence-electron chi connectivity index (χ4n) is 7.64. The molecule has 0 spiro atoms.